The van der Waals surface area contributed by atoms with Gasteiger partial charge in [0, 0.05) is 41.6 Å². The molecule has 0 spiro atoms. The molecule has 0 radical (unpaired) electrons. The number of anilines is 1. The van der Waals surface area contributed by atoms with Crippen LogP contribution in [0.1, 0.15) is 17.5 Å². The van der Waals surface area contributed by atoms with Crippen LogP contribution in [0.15, 0.2) is 42.6 Å². The maximum absolute atomic E-state index is 12.7. The van der Waals surface area contributed by atoms with E-state index in [0.29, 0.717) is 29.5 Å². The van der Waals surface area contributed by atoms with E-state index in [9.17, 15) is 9.59 Å². The Kier molecular flexibility index (Phi) is 5.68. The van der Waals surface area contributed by atoms with Gasteiger partial charge in [-0.25, -0.2) is 0 Å². The van der Waals surface area contributed by atoms with Gasteiger partial charge in [-0.3, -0.25) is 9.59 Å². The number of carbonyl (C=O) groups excluding carboxylic acids is 2. The lowest BCUT2D eigenvalue weighted by Gasteiger charge is -2.17. The zero-order chi connectivity index (χ0) is 21.3. The fraction of sp³-hybridized carbons (Fsp3) is 0.304. The van der Waals surface area contributed by atoms with Crippen molar-refractivity contribution in [3.8, 4) is 5.75 Å². The topological polar surface area (TPSA) is 74.4 Å². The van der Waals surface area contributed by atoms with E-state index in [1.807, 2.05) is 6.20 Å². The van der Waals surface area contributed by atoms with E-state index < -0.39 is 5.92 Å². The average Bonchev–Trinajstić information content (AvgIpc) is 3.29. The first-order chi connectivity index (χ1) is 14.4. The van der Waals surface area contributed by atoms with Gasteiger partial charge in [0.05, 0.1) is 18.7 Å². The molecule has 1 aliphatic heterocycles. The Balaban J connectivity index is 1.39. The number of H-pyrrole nitrogens is 1. The highest BCUT2D eigenvalue weighted by molar-refractivity contribution is 6.31. The maximum atomic E-state index is 12.7. The zero-order valence-electron chi connectivity index (χ0n) is 17.0. The standard InChI is InChI=1S/C23H24ClN3O3/c1-14-3-5-19-18(9-14)15(12-25-19)7-8-27-13-16(10-22(27)28)23(29)26-20-11-17(24)4-6-21(20)30-2/h3-6,9,11-12,16,25H,7-8,10,13H2,1-2H3,(H,26,29)/t16-/m1/s1. The van der Waals surface area contributed by atoms with Crippen LogP contribution in [0.25, 0.3) is 10.9 Å². The van der Waals surface area contributed by atoms with Crippen molar-refractivity contribution >= 4 is 40.0 Å². The number of hydrogen-bond acceptors (Lipinski definition) is 3. The number of benzene rings is 2. The van der Waals surface area contributed by atoms with Gasteiger partial charge in [-0.05, 0) is 49.2 Å². The van der Waals surface area contributed by atoms with Crippen molar-refractivity contribution < 1.29 is 14.3 Å². The molecule has 1 saturated heterocycles. The van der Waals surface area contributed by atoms with Crippen LogP contribution < -0.4 is 10.1 Å². The maximum Gasteiger partial charge on any atom is 0.229 e. The predicted molar refractivity (Wildman–Crippen MR) is 118 cm³/mol. The number of aromatic amines is 1. The zero-order valence-corrected chi connectivity index (χ0v) is 17.8. The van der Waals surface area contributed by atoms with Crippen LogP contribution in [0.3, 0.4) is 0 Å². The quantitative estimate of drug-likeness (QED) is 0.622. The Hall–Kier alpha value is -2.99. The highest BCUT2D eigenvalue weighted by Gasteiger charge is 2.34. The van der Waals surface area contributed by atoms with E-state index >= 15 is 0 Å². The fourth-order valence-electron chi connectivity index (χ4n) is 3.93. The SMILES string of the molecule is COc1ccc(Cl)cc1NC(=O)[C@@H]1CC(=O)N(CCc2c[nH]c3ccc(C)cc23)C1. The summed E-state index contributed by atoms with van der Waals surface area (Å²) in [4.78, 5) is 30.3. The van der Waals surface area contributed by atoms with Crippen molar-refractivity contribution in [3.63, 3.8) is 0 Å². The van der Waals surface area contributed by atoms with E-state index in [2.05, 4.69) is 35.4 Å². The second-order valence-corrected chi connectivity index (χ2v) is 8.12. The van der Waals surface area contributed by atoms with Crippen LogP contribution in [-0.4, -0.2) is 41.9 Å². The van der Waals surface area contributed by atoms with Gasteiger partial charge in [0.15, 0.2) is 0 Å². The Bertz CT molecular complexity index is 1110. The number of ether oxygens (including phenoxy) is 1. The number of methoxy groups -OCH3 is 1. The van der Waals surface area contributed by atoms with E-state index in [-0.39, 0.29) is 18.2 Å². The first-order valence-corrected chi connectivity index (χ1v) is 10.3. The lowest BCUT2D eigenvalue weighted by atomic mass is 10.1. The molecule has 1 aromatic heterocycles. The van der Waals surface area contributed by atoms with Crippen LogP contribution in [0, 0.1) is 12.8 Å². The summed E-state index contributed by atoms with van der Waals surface area (Å²) < 4.78 is 5.28. The van der Waals surface area contributed by atoms with Gasteiger partial charge in [0.2, 0.25) is 11.8 Å². The molecular formula is C23H24ClN3O3. The summed E-state index contributed by atoms with van der Waals surface area (Å²) >= 11 is 6.03. The normalized spacial score (nSPS) is 16.3. The molecule has 0 saturated carbocycles. The number of aryl methyl sites for hydroxylation is 1. The molecular weight excluding hydrogens is 402 g/mol. The molecule has 4 rings (SSSR count). The Morgan fingerprint density at radius 2 is 2.13 bits per heavy atom. The van der Waals surface area contributed by atoms with Crippen LogP contribution >= 0.6 is 11.6 Å². The molecule has 0 unspecified atom stereocenters. The van der Waals surface area contributed by atoms with Crippen molar-refractivity contribution in [2.45, 2.75) is 19.8 Å². The molecule has 1 fully saturated rings. The fourth-order valence-corrected chi connectivity index (χ4v) is 4.10. The van der Waals surface area contributed by atoms with Crippen molar-refractivity contribution in [2.75, 3.05) is 25.5 Å². The number of likely N-dealkylation sites (tertiary alicyclic amines) is 1. The number of nitrogens with one attached hydrogen (secondary N) is 2. The molecule has 7 heteroatoms. The molecule has 1 atom stereocenters. The predicted octanol–water partition coefficient (Wildman–Crippen LogP) is 4.17. The third-order valence-electron chi connectivity index (χ3n) is 5.58. The number of fused-ring (bicyclic) bond motifs is 1. The van der Waals surface area contributed by atoms with Crippen LogP contribution in [0.2, 0.25) is 5.02 Å². The summed E-state index contributed by atoms with van der Waals surface area (Å²) in [6.45, 7) is 3.07. The highest BCUT2D eigenvalue weighted by Crippen LogP contribution is 2.29. The molecule has 2 heterocycles. The number of nitrogens with zero attached hydrogens (tertiary/aromatic N) is 1. The number of rotatable bonds is 6. The molecule has 156 valence electrons. The van der Waals surface area contributed by atoms with Crippen molar-refractivity contribution in [1.29, 1.82) is 0 Å². The Labute approximate surface area is 180 Å². The summed E-state index contributed by atoms with van der Waals surface area (Å²) in [5, 5.41) is 4.54. The average molecular weight is 426 g/mol. The Morgan fingerprint density at radius 3 is 2.93 bits per heavy atom. The van der Waals surface area contributed by atoms with Gasteiger partial charge in [0.25, 0.3) is 0 Å². The number of aromatic nitrogens is 1. The first kappa shape index (κ1) is 20.3. The van der Waals surface area contributed by atoms with Crippen LogP contribution in [0.5, 0.6) is 5.75 Å². The van der Waals surface area contributed by atoms with Gasteiger partial charge in [0.1, 0.15) is 5.75 Å². The second kappa shape index (κ2) is 8.40. The summed E-state index contributed by atoms with van der Waals surface area (Å²) in [5.41, 5.74) is 3.98. The van der Waals surface area contributed by atoms with Crippen LogP contribution in [0.4, 0.5) is 5.69 Å². The van der Waals surface area contributed by atoms with Crippen molar-refractivity contribution in [3.05, 3.63) is 58.7 Å². The summed E-state index contributed by atoms with van der Waals surface area (Å²) in [7, 11) is 1.53. The van der Waals surface area contributed by atoms with Crippen molar-refractivity contribution in [2.24, 2.45) is 5.92 Å². The minimum atomic E-state index is -0.397. The van der Waals surface area contributed by atoms with E-state index in [1.165, 1.54) is 23.6 Å². The number of halogens is 1. The number of hydrogen-bond donors (Lipinski definition) is 2. The molecule has 2 aromatic carbocycles. The number of carbonyl (C=O) groups is 2. The Morgan fingerprint density at radius 1 is 1.30 bits per heavy atom. The first-order valence-electron chi connectivity index (χ1n) is 9.93. The molecule has 30 heavy (non-hydrogen) atoms. The molecule has 0 aliphatic carbocycles. The third kappa shape index (κ3) is 4.14. The molecule has 2 amide bonds. The monoisotopic (exact) mass is 425 g/mol. The number of amides is 2. The van der Waals surface area contributed by atoms with Crippen LogP contribution in [-0.2, 0) is 16.0 Å². The smallest absolute Gasteiger partial charge is 0.229 e. The molecule has 1 aliphatic rings. The van der Waals surface area contributed by atoms with Gasteiger partial charge >= 0.3 is 0 Å². The molecule has 6 nitrogen and oxygen atoms in total. The van der Waals surface area contributed by atoms with Gasteiger partial charge in [-0.15, -0.1) is 0 Å². The minimum Gasteiger partial charge on any atom is -0.495 e. The minimum absolute atomic E-state index is 0.00392. The third-order valence-corrected chi connectivity index (χ3v) is 5.81. The lowest BCUT2D eigenvalue weighted by Crippen LogP contribution is -2.30. The van der Waals surface area contributed by atoms with E-state index in [4.69, 9.17) is 16.3 Å². The van der Waals surface area contributed by atoms with Crippen molar-refractivity contribution in [1.82, 2.24) is 9.88 Å². The van der Waals surface area contributed by atoms with E-state index in [1.54, 1.807) is 23.1 Å². The van der Waals surface area contributed by atoms with Gasteiger partial charge < -0.3 is 19.9 Å². The van der Waals surface area contributed by atoms with Gasteiger partial charge in [-0.2, -0.15) is 0 Å². The highest BCUT2D eigenvalue weighted by atomic mass is 35.5. The second-order valence-electron chi connectivity index (χ2n) is 7.69. The summed E-state index contributed by atoms with van der Waals surface area (Å²) in [6.07, 6.45) is 2.95. The summed E-state index contributed by atoms with van der Waals surface area (Å²) in [5.74, 6) is -0.0617. The van der Waals surface area contributed by atoms with Gasteiger partial charge in [-0.1, -0.05) is 23.2 Å². The largest absolute Gasteiger partial charge is 0.495 e. The summed E-state index contributed by atoms with van der Waals surface area (Å²) in [6, 6.07) is 11.3. The molecule has 3 aromatic rings. The molecule has 0 bridgehead atoms. The lowest BCUT2D eigenvalue weighted by molar-refractivity contribution is -0.128. The van der Waals surface area contributed by atoms with E-state index in [0.717, 1.165) is 11.9 Å². The molecule has 2 N–H and O–H groups in total.